The predicted octanol–water partition coefficient (Wildman–Crippen LogP) is 5.81. The van der Waals surface area contributed by atoms with Crippen molar-refractivity contribution < 1.29 is 30.0 Å². The van der Waals surface area contributed by atoms with Crippen LogP contribution in [0.15, 0.2) is 60.4 Å². The van der Waals surface area contributed by atoms with E-state index in [1.165, 1.54) is 0 Å². The molecule has 1 fully saturated rings. The van der Waals surface area contributed by atoms with Gasteiger partial charge in [-0.2, -0.15) is 0 Å². The maximum absolute atomic E-state index is 13.8. The third-order valence-corrected chi connectivity index (χ3v) is 7.79. The van der Waals surface area contributed by atoms with Crippen molar-refractivity contribution in [1.82, 2.24) is 20.0 Å². The van der Waals surface area contributed by atoms with Crippen molar-refractivity contribution in [1.29, 1.82) is 0 Å². The summed E-state index contributed by atoms with van der Waals surface area (Å²) < 4.78 is 22.1. The van der Waals surface area contributed by atoms with Crippen molar-refractivity contribution in [2.75, 3.05) is 54.6 Å². The van der Waals surface area contributed by atoms with Gasteiger partial charge in [0.25, 0.3) is 0 Å². The highest BCUT2D eigenvalue weighted by atomic mass is 16.5. The number of nitrogens with one attached hydrogen (secondary N) is 1. The lowest BCUT2D eigenvalue weighted by atomic mass is 10.0. The van der Waals surface area contributed by atoms with Gasteiger partial charge in [0.1, 0.15) is 17.3 Å². The average Bonchev–Trinajstić information content (AvgIpc) is 3.22. The molecule has 232 valence electrons. The largest absolute Gasteiger partial charge is 0.501 e. The van der Waals surface area contributed by atoms with E-state index in [9.17, 15) is 9.59 Å². The van der Waals surface area contributed by atoms with Crippen LogP contribution in [0.25, 0.3) is 0 Å². The molecule has 10 heteroatoms. The van der Waals surface area contributed by atoms with E-state index in [0.29, 0.717) is 69.9 Å². The fraction of sp³-hybridized carbons (Fsp3) is 0.500. The van der Waals surface area contributed by atoms with Crippen molar-refractivity contribution in [2.45, 2.75) is 52.0 Å². The number of hydrogen-bond acceptors (Lipinski definition) is 6. The summed E-state index contributed by atoms with van der Waals surface area (Å²) >= 11 is 0. The van der Waals surface area contributed by atoms with Crippen LogP contribution in [-0.2, 0) is 22.4 Å². The van der Waals surface area contributed by atoms with Gasteiger partial charge in [-0.25, -0.2) is 9.59 Å². The van der Waals surface area contributed by atoms with E-state index in [0.717, 1.165) is 46.9 Å². The van der Waals surface area contributed by atoms with Gasteiger partial charge >= 0.3 is 12.1 Å². The number of rotatable bonds is 6. The van der Waals surface area contributed by atoms with Crippen molar-refractivity contribution >= 4 is 12.1 Å². The van der Waals surface area contributed by atoms with Crippen molar-refractivity contribution in [2.24, 2.45) is 0 Å². The van der Waals surface area contributed by atoms with Crippen LogP contribution in [0.2, 0.25) is 0 Å². The Hall–Kier alpha value is -4.08. The second-order valence-electron chi connectivity index (χ2n) is 10.0. The Morgan fingerprint density at radius 1 is 0.976 bits per heavy atom. The number of hydrogen-bond donors (Lipinski definition) is 1. The maximum atomic E-state index is 13.8. The monoisotopic (exact) mass is 584 g/mol. The molecule has 10 nitrogen and oxygen atoms in total. The van der Waals surface area contributed by atoms with Gasteiger partial charge in [-0.15, -0.1) is 13.2 Å². The molecule has 1 saturated heterocycles. The third kappa shape index (κ3) is 7.60. The van der Waals surface area contributed by atoms with Crippen LogP contribution >= 0.6 is 0 Å². The molecule has 0 saturated carbocycles. The summed E-state index contributed by atoms with van der Waals surface area (Å²) in [4.78, 5) is 32.8. The van der Waals surface area contributed by atoms with Gasteiger partial charge < -0.3 is 34.1 Å². The molecule has 0 spiro atoms. The summed E-state index contributed by atoms with van der Waals surface area (Å²) in [6.45, 7) is 10.7. The number of ether oxygens (including phenoxy) is 4. The highest BCUT2D eigenvalue weighted by Crippen LogP contribution is 2.34. The molecular weight excluding hydrogens is 536 g/mol. The van der Waals surface area contributed by atoms with Crippen molar-refractivity contribution in [3.63, 3.8) is 0 Å². The van der Waals surface area contributed by atoms with Gasteiger partial charge in [-0.05, 0) is 44.2 Å². The standard InChI is InChI=1S/C30H42N4O6.C2H4.H2/c1-6-32-15-8-16-33(29(35)31-26-18-23(37-2)11-13-27(26)39-4)14-7-9-22-10-12-25-21(20-34(22)30(32)36)17-24(38-3)19-28(25)40-5;1-2;/h10,17-19H,6-9,11-16,20H2,1-5H3,(H,31,35);1-2H2;1H. The molecule has 1 aromatic rings. The van der Waals surface area contributed by atoms with Crippen LogP contribution in [0, 0.1) is 0 Å². The zero-order chi connectivity index (χ0) is 30.6. The molecule has 4 rings (SSSR count). The molecule has 1 N–H and O–H groups in total. The molecule has 1 aromatic carbocycles. The summed E-state index contributed by atoms with van der Waals surface area (Å²) in [5.74, 6) is 3.01. The summed E-state index contributed by atoms with van der Waals surface area (Å²) in [5, 5.41) is 3.04. The minimum atomic E-state index is -0.178. The quantitative estimate of drug-likeness (QED) is 0.424. The second-order valence-corrected chi connectivity index (χ2v) is 10.0. The Balaban J connectivity index is 0.00000211. The van der Waals surface area contributed by atoms with E-state index in [4.69, 9.17) is 18.9 Å². The molecule has 0 unspecified atom stereocenters. The van der Waals surface area contributed by atoms with Crippen LogP contribution in [0.3, 0.4) is 0 Å². The molecule has 3 aliphatic rings. The molecule has 0 bridgehead atoms. The van der Waals surface area contributed by atoms with E-state index in [1.54, 1.807) is 28.4 Å². The molecule has 0 radical (unpaired) electrons. The van der Waals surface area contributed by atoms with Gasteiger partial charge in [0.15, 0.2) is 0 Å². The number of amides is 4. The van der Waals surface area contributed by atoms with E-state index in [1.807, 2.05) is 39.8 Å². The van der Waals surface area contributed by atoms with Crippen molar-refractivity contribution in [3.8, 4) is 11.5 Å². The summed E-state index contributed by atoms with van der Waals surface area (Å²) in [5.41, 5.74) is 3.67. The molecule has 1 aliphatic carbocycles. The minimum Gasteiger partial charge on any atom is -0.501 e. The number of urea groups is 2. The molecule has 0 atom stereocenters. The van der Waals surface area contributed by atoms with E-state index < -0.39 is 0 Å². The maximum Gasteiger partial charge on any atom is 0.324 e. The SMILES string of the molecule is C=C.CCN1CCCN(C(=O)NC2=C(OC)CCC(OC)=C2)CCCC2=CCc3c(cc(OC)cc3OC)CN2C1=O.[HH]. The lowest BCUT2D eigenvalue weighted by Gasteiger charge is -2.31. The van der Waals surface area contributed by atoms with Crippen LogP contribution in [0.5, 0.6) is 11.5 Å². The van der Waals surface area contributed by atoms with Crippen LogP contribution in [-0.4, -0.2) is 81.4 Å². The molecule has 0 aromatic heterocycles. The Bertz CT molecular complexity index is 1210. The zero-order valence-electron chi connectivity index (χ0n) is 25.8. The molecule has 2 heterocycles. The topological polar surface area (TPSA) is 92.8 Å². The first-order chi connectivity index (χ1) is 20.4. The highest BCUT2D eigenvalue weighted by Gasteiger charge is 2.29. The van der Waals surface area contributed by atoms with Crippen molar-refractivity contribution in [3.05, 3.63) is 71.5 Å². The Labute approximate surface area is 251 Å². The number of carbonyl (C=O) groups is 2. The van der Waals surface area contributed by atoms with Crippen LogP contribution < -0.4 is 14.8 Å². The fourth-order valence-corrected chi connectivity index (χ4v) is 5.51. The smallest absolute Gasteiger partial charge is 0.324 e. The van der Waals surface area contributed by atoms with Gasteiger partial charge in [0, 0.05) is 63.9 Å². The Morgan fingerprint density at radius 3 is 2.40 bits per heavy atom. The Kier molecular flexibility index (Phi) is 12.2. The first-order valence-electron chi connectivity index (χ1n) is 14.5. The summed E-state index contributed by atoms with van der Waals surface area (Å²) in [7, 11) is 6.54. The van der Waals surface area contributed by atoms with Gasteiger partial charge in [0.2, 0.25) is 0 Å². The van der Waals surface area contributed by atoms with Gasteiger partial charge in [0.05, 0.1) is 46.4 Å². The van der Waals surface area contributed by atoms with E-state index in [2.05, 4.69) is 24.6 Å². The first-order valence-corrected chi connectivity index (χ1v) is 14.5. The van der Waals surface area contributed by atoms with Crippen LogP contribution in [0.4, 0.5) is 9.59 Å². The number of allylic oxidation sites excluding steroid dienone is 5. The average molecular weight is 585 g/mol. The predicted molar refractivity (Wildman–Crippen MR) is 165 cm³/mol. The zero-order valence-corrected chi connectivity index (χ0v) is 25.8. The third-order valence-electron chi connectivity index (χ3n) is 7.79. The lowest BCUT2D eigenvalue weighted by molar-refractivity contribution is 0.163. The first kappa shape index (κ1) is 32.4. The number of carbonyl (C=O) groups excluding carboxylic acids is 2. The molecule has 42 heavy (non-hydrogen) atoms. The van der Waals surface area contributed by atoms with Crippen LogP contribution in [0.1, 0.15) is 51.6 Å². The van der Waals surface area contributed by atoms with E-state index in [-0.39, 0.29) is 13.5 Å². The Morgan fingerprint density at radius 2 is 1.74 bits per heavy atom. The number of benzene rings is 1. The summed E-state index contributed by atoms with van der Waals surface area (Å²) in [6, 6.07) is 3.68. The van der Waals surface area contributed by atoms with E-state index >= 15 is 0 Å². The molecule has 2 aliphatic heterocycles. The molecule has 4 amide bonds. The van der Waals surface area contributed by atoms with Gasteiger partial charge in [-0.1, -0.05) is 6.08 Å². The minimum absolute atomic E-state index is 0. The lowest BCUT2D eigenvalue weighted by Crippen LogP contribution is -2.44. The van der Waals surface area contributed by atoms with Gasteiger partial charge in [-0.3, -0.25) is 4.90 Å². The fourth-order valence-electron chi connectivity index (χ4n) is 5.51. The number of fused-ring (bicyclic) bond motifs is 2. The number of methoxy groups -OCH3 is 4. The number of nitrogens with zero attached hydrogens (tertiary/aromatic N) is 3. The summed E-state index contributed by atoms with van der Waals surface area (Å²) in [6.07, 6.45) is 8.08. The molecular formula is C32H48N4O6. The highest BCUT2D eigenvalue weighted by molar-refractivity contribution is 5.78. The normalized spacial score (nSPS) is 17.6. The second kappa shape index (κ2) is 15.8.